The lowest BCUT2D eigenvalue weighted by atomic mass is 9.70. The van der Waals surface area contributed by atoms with Crippen molar-refractivity contribution in [1.82, 2.24) is 0 Å². The molecule has 3 nitrogen and oxygen atoms in total. The number of nitrogens with zero attached hydrogens (tertiary/aromatic N) is 3. The molecule has 0 aromatic heterocycles. The van der Waals surface area contributed by atoms with E-state index in [0.29, 0.717) is 0 Å². The van der Waals surface area contributed by atoms with E-state index in [1.807, 2.05) is 0 Å². The molecule has 3 heteroatoms. The van der Waals surface area contributed by atoms with Gasteiger partial charge in [0.1, 0.15) is 0 Å². The summed E-state index contributed by atoms with van der Waals surface area (Å²) in [4.78, 5) is 7.57. The number of rotatable bonds is 13. The number of benzene rings is 12. The van der Waals surface area contributed by atoms with E-state index < -0.39 is 23.6 Å². The van der Waals surface area contributed by atoms with E-state index >= 15 is 0 Å². The van der Waals surface area contributed by atoms with E-state index in [0.717, 1.165) is 148 Å². The van der Waals surface area contributed by atoms with Gasteiger partial charge in [0, 0.05) is 72.5 Å². The van der Waals surface area contributed by atoms with Crippen molar-refractivity contribution < 1.29 is 5.48 Å². The van der Waals surface area contributed by atoms with E-state index in [2.05, 4.69) is 415 Å². The molecule has 0 saturated heterocycles. The third kappa shape index (κ3) is 17.1. The maximum Gasteiger partial charge on any atom is 0.0457 e. The van der Waals surface area contributed by atoms with Crippen LogP contribution in [0.5, 0.6) is 0 Å². The van der Waals surface area contributed by atoms with Crippen molar-refractivity contribution in [2.45, 2.75) is 317 Å². The van der Waals surface area contributed by atoms with Crippen LogP contribution in [0.3, 0.4) is 0 Å². The Labute approximate surface area is 766 Å². The molecule has 0 bridgehead atoms. The molecule has 12 aromatic rings. The van der Waals surface area contributed by atoms with Gasteiger partial charge in [-0.3, -0.25) is 0 Å². The van der Waals surface area contributed by atoms with Gasteiger partial charge in [0.05, 0.1) is 0 Å². The van der Waals surface area contributed by atoms with Gasteiger partial charge >= 0.3 is 0 Å². The highest BCUT2D eigenvalue weighted by atomic mass is 15.2. The molecule has 0 spiro atoms. The average Bonchev–Trinajstić information content (AvgIpc) is 1.54. The lowest BCUT2D eigenvalue weighted by Crippen LogP contribution is -2.39. The third-order valence-electron chi connectivity index (χ3n) is 30.2. The number of hydrogen-bond donors (Lipinski definition) is 0. The van der Waals surface area contributed by atoms with Gasteiger partial charge in [-0.25, -0.2) is 0 Å². The van der Waals surface area contributed by atoms with Crippen LogP contribution in [0, 0.1) is 24.7 Å². The summed E-state index contributed by atoms with van der Waals surface area (Å²) in [5, 5.41) is 0. The SMILES string of the molecule is Cc1cc2c(cc1-c1ccc(N(c3ccccc3C)C(C)(C)C)cc1)C(C)(C)c1ccccc1-2.[2H]C1(c2ccc(-c3ccccc3)cc2N(c2cc3c(cc2C2([2H])CCC(C)(C)CC2)-c2ccccc2C3(C)C)C(C)(C)C)CCC(C)(C)CC1.[2H]C1(c2ccc(-c3ccccc3)cc2N(c2cc3c(cc2C2([2H])CCCCC2)-c2ccccc2C3(C)C)C(C)(C)C)CCCCC1. The zero-order valence-corrected chi connectivity index (χ0v) is 80.3. The van der Waals surface area contributed by atoms with Crippen LogP contribution in [0.1, 0.15) is 343 Å². The largest absolute Gasteiger partial charge is 0.336 e. The van der Waals surface area contributed by atoms with Crippen molar-refractivity contribution in [3.8, 4) is 66.8 Å². The van der Waals surface area contributed by atoms with Crippen LogP contribution in [0.2, 0.25) is 0 Å². The second-order valence-corrected chi connectivity index (χ2v) is 44.5. The summed E-state index contributed by atoms with van der Waals surface area (Å²) < 4.78 is 40.5. The van der Waals surface area contributed by atoms with E-state index in [1.165, 1.54) is 135 Å². The fraction of sp³-hybridized carbons (Fsp3) is 0.415. The van der Waals surface area contributed by atoms with Gasteiger partial charge in [-0.05, 0) is 382 Å². The molecule has 0 N–H and O–H groups in total. The van der Waals surface area contributed by atoms with E-state index in [-0.39, 0.29) is 43.7 Å². The summed E-state index contributed by atoms with van der Waals surface area (Å²) in [6.45, 7) is 48.8. The Morgan fingerprint density at radius 3 is 0.968 bits per heavy atom. The first-order chi connectivity index (χ1) is 61.3. The highest BCUT2D eigenvalue weighted by Crippen LogP contribution is 2.60. The summed E-state index contributed by atoms with van der Waals surface area (Å²) in [5.74, 6) is -2.64. The molecule has 7 aliphatic rings. The third-order valence-corrected chi connectivity index (χ3v) is 30.2. The van der Waals surface area contributed by atoms with E-state index in [1.54, 1.807) is 0 Å². The first kappa shape index (κ1) is 83.0. The van der Waals surface area contributed by atoms with Crippen molar-refractivity contribution >= 4 is 34.1 Å². The van der Waals surface area contributed by atoms with Crippen molar-refractivity contribution in [3.63, 3.8) is 0 Å². The van der Waals surface area contributed by atoms with Crippen molar-refractivity contribution in [2.24, 2.45) is 10.8 Å². The predicted octanol–water partition coefficient (Wildman–Crippen LogP) is 35.9. The van der Waals surface area contributed by atoms with Gasteiger partial charge in [-0.2, -0.15) is 0 Å². The minimum Gasteiger partial charge on any atom is -0.336 e. The van der Waals surface area contributed by atoms with Gasteiger partial charge in [-0.15, -0.1) is 0 Å². The maximum absolute atomic E-state index is 10.3. The molecule has 0 unspecified atom stereocenters. The Kier molecular flexibility index (Phi) is 22.5. The molecule has 126 heavy (non-hydrogen) atoms. The fourth-order valence-corrected chi connectivity index (χ4v) is 22.9. The van der Waals surface area contributed by atoms with Crippen molar-refractivity contribution in [1.29, 1.82) is 0 Å². The fourth-order valence-electron chi connectivity index (χ4n) is 22.9. The van der Waals surface area contributed by atoms with Crippen LogP contribution in [0.4, 0.5) is 34.1 Å². The highest BCUT2D eigenvalue weighted by Gasteiger charge is 2.45. The summed E-state index contributed by atoms with van der Waals surface area (Å²) in [6.07, 6.45) is 18.0. The smallest absolute Gasteiger partial charge is 0.0457 e. The molecule has 0 heterocycles. The average molecular weight is 1670 g/mol. The van der Waals surface area contributed by atoms with Gasteiger partial charge in [0.15, 0.2) is 0 Å². The Bertz CT molecular complexity index is 6180. The number of para-hydroxylation sites is 1. The Morgan fingerprint density at radius 2 is 0.571 bits per heavy atom. The van der Waals surface area contributed by atoms with Gasteiger partial charge in [0.2, 0.25) is 0 Å². The number of aryl methyl sites for hydroxylation is 2. The van der Waals surface area contributed by atoms with Crippen LogP contribution in [-0.2, 0) is 16.2 Å². The predicted molar refractivity (Wildman–Crippen MR) is 544 cm³/mol. The molecule has 4 fully saturated rings. The van der Waals surface area contributed by atoms with Gasteiger partial charge in [-0.1, -0.05) is 302 Å². The molecule has 652 valence electrons. The number of hydrogen-bond acceptors (Lipinski definition) is 3. The Hall–Kier alpha value is -9.96. The first-order valence-electron chi connectivity index (χ1n) is 50.1. The van der Waals surface area contributed by atoms with Crippen LogP contribution in [0.25, 0.3) is 66.8 Å². The first-order valence-corrected chi connectivity index (χ1v) is 48.1. The summed E-state index contributed by atoms with van der Waals surface area (Å²) in [5.41, 5.74) is 37.4. The van der Waals surface area contributed by atoms with E-state index in [4.69, 9.17) is 0 Å². The maximum atomic E-state index is 10.3. The molecule has 19 rings (SSSR count). The molecular formula is C123H145N3. The van der Waals surface area contributed by atoms with Crippen LogP contribution in [-0.4, -0.2) is 16.6 Å². The monoisotopic (exact) mass is 1670 g/mol. The molecule has 0 atom stereocenters. The summed E-state index contributed by atoms with van der Waals surface area (Å²) in [6, 6.07) is 94.3. The molecule has 12 aromatic carbocycles. The van der Waals surface area contributed by atoms with Gasteiger partial charge < -0.3 is 14.7 Å². The molecule has 0 aliphatic heterocycles. The lowest BCUT2D eigenvalue weighted by molar-refractivity contribution is 0.224. The van der Waals surface area contributed by atoms with Crippen molar-refractivity contribution in [2.75, 3.05) is 14.7 Å². The second kappa shape index (κ2) is 34.2. The second-order valence-electron chi connectivity index (χ2n) is 44.5. The number of anilines is 6. The molecule has 0 radical (unpaired) electrons. The molecule has 4 saturated carbocycles. The Balaban J connectivity index is 0.000000139. The topological polar surface area (TPSA) is 9.72 Å². The summed E-state index contributed by atoms with van der Waals surface area (Å²) >= 11 is 0. The van der Waals surface area contributed by atoms with Gasteiger partial charge in [0.25, 0.3) is 0 Å². The normalized spacial score (nSPS) is 19.4. The number of fused-ring (bicyclic) bond motifs is 9. The van der Waals surface area contributed by atoms with E-state index in [9.17, 15) is 5.48 Å². The van der Waals surface area contributed by atoms with Crippen LogP contribution < -0.4 is 14.7 Å². The Morgan fingerprint density at radius 1 is 0.246 bits per heavy atom. The van der Waals surface area contributed by atoms with Crippen LogP contribution in [0.15, 0.2) is 255 Å². The molecular weight excluding hydrogens is 1520 g/mol. The zero-order chi connectivity index (χ0) is 92.5. The zero-order valence-electron chi connectivity index (χ0n) is 84.3. The van der Waals surface area contributed by atoms with Crippen LogP contribution >= 0.6 is 0 Å². The molecule has 0 amide bonds. The quantitative estimate of drug-likeness (QED) is 0.114. The lowest BCUT2D eigenvalue weighted by Gasteiger charge is -2.44. The molecule has 7 aliphatic carbocycles. The standard InChI is InChI=1S/C47H59N.C43H51N.C33H35N/c1-44(2,3)48(42-29-35(32-15-11-10-12-16-32)19-20-36(42)33-21-25-45(4,5)26-22-33)43-31-41-39(37-17-13-14-18-40(37)47(41,8)9)30-38(43)34-23-27-46(6,7)28-24-34;1-42(2,3)44(40-27-33(30-17-9-6-10-18-30)25-26-34(40)31-19-11-7-12-20-31)41-29-39-37(28-36(41)32-21-13-8-14-22-32)35-23-15-16-24-38(35)43(39,4)5;1-22-12-8-11-15-31(22)34(32(3,4)5)25-18-16-24(17-19-25)27-21-30-28(20-23(27)2)26-13-9-10-14-29(26)33(30,6)7/h10-20,29-31,33-34H,21-28H2,1-9H3;6,9-10,15-18,23-29,31-32H,7-8,11-14,19-22H2,1-5H3;8-21H,1-7H3/i33D,34D;31D,32D;. The highest BCUT2D eigenvalue weighted by molar-refractivity contribution is 5.90. The summed E-state index contributed by atoms with van der Waals surface area (Å²) in [7, 11) is 0. The minimum atomic E-state index is -0.699. The minimum absolute atomic E-state index is 0.0161. The van der Waals surface area contributed by atoms with Crippen molar-refractivity contribution in [3.05, 3.63) is 322 Å².